The maximum absolute atomic E-state index is 7.77. The first-order chi connectivity index (χ1) is 5.22. The minimum atomic E-state index is -0.137. The van der Waals surface area contributed by atoms with E-state index in [-0.39, 0.29) is 5.17 Å². The van der Waals surface area contributed by atoms with E-state index < -0.39 is 0 Å². The second kappa shape index (κ2) is 11.6. The van der Waals surface area contributed by atoms with Gasteiger partial charge >= 0.3 is 0 Å². The molecule has 0 unspecified atom stereocenters. The van der Waals surface area contributed by atoms with Gasteiger partial charge < -0.3 is 5.21 Å². The molecule has 0 aromatic heterocycles. The van der Waals surface area contributed by atoms with Crippen LogP contribution in [0.15, 0.2) is 10.3 Å². The van der Waals surface area contributed by atoms with E-state index in [0.717, 1.165) is 6.21 Å². The van der Waals surface area contributed by atoms with Gasteiger partial charge in [-0.1, -0.05) is 16.8 Å². The zero-order chi connectivity index (χ0) is 9.11. The van der Waals surface area contributed by atoms with Gasteiger partial charge in [0.25, 0.3) is 0 Å². The highest BCUT2D eigenvalue weighted by molar-refractivity contribution is 6.79. The monoisotopic (exact) mass is 200 g/mol. The van der Waals surface area contributed by atoms with Crippen LogP contribution in [0.3, 0.4) is 0 Å². The van der Waals surface area contributed by atoms with Crippen LogP contribution in [-0.2, 0) is 4.39 Å². The average Bonchev–Trinajstić information content (AvgIpc) is 1.90. The first-order valence-electron chi connectivity index (χ1n) is 1.94. The minimum absolute atomic E-state index is 0.137. The van der Waals surface area contributed by atoms with Crippen LogP contribution in [0.2, 0.25) is 0 Å². The molecular weight excluding hydrogens is 197 g/mol. The molecule has 0 aromatic carbocycles. The maximum Gasteiger partial charge on any atom is 0.211 e. The summed E-state index contributed by atoms with van der Waals surface area (Å²) in [4.78, 5) is 2.00. The number of rotatable bonds is 2. The third kappa shape index (κ3) is 17.7. The van der Waals surface area contributed by atoms with Crippen LogP contribution in [0.1, 0.15) is 0 Å². The highest BCUT2D eigenvalue weighted by atomic mass is 35.5. The highest BCUT2D eigenvalue weighted by Gasteiger charge is 1.84. The van der Waals surface area contributed by atoms with Gasteiger partial charge in [-0.2, -0.15) is 0 Å². The van der Waals surface area contributed by atoms with E-state index in [1.165, 1.54) is 0 Å². The molecule has 62 valence electrons. The fraction of sp³-hybridized carbons (Fsp3) is 0. The van der Waals surface area contributed by atoms with E-state index in [4.69, 9.17) is 27.9 Å². The topological polar surface area (TPSA) is 116 Å². The van der Waals surface area contributed by atoms with Gasteiger partial charge in [0, 0.05) is 0 Å². The lowest BCUT2D eigenvalue weighted by Gasteiger charge is -1.79. The predicted molar refractivity (Wildman–Crippen MR) is 38.1 cm³/mol. The zero-order valence-electron chi connectivity index (χ0n) is 5.03. The molecule has 0 aliphatic heterocycles. The molecule has 0 fully saturated rings. The molecule has 0 radical (unpaired) electrons. The van der Waals surface area contributed by atoms with Crippen LogP contribution in [0.4, 0.5) is 0 Å². The summed E-state index contributed by atoms with van der Waals surface area (Å²) in [5.74, 6) is 0. The van der Waals surface area contributed by atoms with Crippen LogP contribution in [0.25, 0.3) is 0 Å². The van der Waals surface area contributed by atoms with Crippen molar-refractivity contribution in [1.82, 2.24) is 4.91 Å². The van der Waals surface area contributed by atoms with Gasteiger partial charge in [-0.15, -0.1) is 0 Å². The summed E-state index contributed by atoms with van der Waals surface area (Å²) >= 11 is 9.73. The first-order valence-corrected chi connectivity index (χ1v) is 2.63. The molecule has 0 bridgehead atoms. The Morgan fingerprint density at radius 2 is 2.09 bits per heavy atom. The minimum Gasteiger partial charge on any atom is -0.411 e. The van der Waals surface area contributed by atoms with Crippen LogP contribution in [-0.4, -0.2) is 16.6 Å². The van der Waals surface area contributed by atoms with E-state index in [1.807, 2.05) is 4.91 Å². The smallest absolute Gasteiger partial charge is 0.211 e. The van der Waals surface area contributed by atoms with Crippen molar-refractivity contribution in [3.05, 3.63) is 0 Å². The molecule has 0 aromatic rings. The Balaban J connectivity index is 0. The van der Waals surface area contributed by atoms with Gasteiger partial charge in [0.1, 0.15) is 17.3 Å². The molecular formula is C2H4Cl2N5O2+. The Hall–Kier alpha value is -1.17. The zero-order valence-corrected chi connectivity index (χ0v) is 6.54. The van der Waals surface area contributed by atoms with Crippen molar-refractivity contribution in [3.8, 4) is 0 Å². The van der Waals surface area contributed by atoms with Gasteiger partial charge in [0.05, 0.1) is 0 Å². The fourth-order valence-electron chi connectivity index (χ4n) is 0.104. The lowest BCUT2D eigenvalue weighted by atomic mass is 10.8. The summed E-state index contributed by atoms with van der Waals surface area (Å²) in [5.41, 5.74) is 11.0. The molecule has 0 aliphatic carbocycles. The summed E-state index contributed by atoms with van der Waals surface area (Å²) in [6, 6.07) is 0. The summed E-state index contributed by atoms with van der Waals surface area (Å²) in [6.45, 7) is 0. The second-order valence-corrected chi connectivity index (χ2v) is 1.36. The summed E-state index contributed by atoms with van der Waals surface area (Å²) < 4.78 is 3.68. The second-order valence-electron chi connectivity index (χ2n) is 0.839. The van der Waals surface area contributed by atoms with E-state index in [1.54, 1.807) is 0 Å². The Morgan fingerprint density at radius 1 is 1.64 bits per heavy atom. The van der Waals surface area contributed by atoms with E-state index in [0.29, 0.717) is 0 Å². The van der Waals surface area contributed by atoms with Gasteiger partial charge in [-0.05, 0) is 5.16 Å². The molecule has 11 heavy (non-hydrogen) atoms. The van der Waals surface area contributed by atoms with Crippen molar-refractivity contribution in [3.63, 3.8) is 0 Å². The number of oxime groups is 2. The van der Waals surface area contributed by atoms with Crippen molar-refractivity contribution in [1.29, 1.82) is 11.1 Å². The lowest BCUT2D eigenvalue weighted by molar-refractivity contribution is 0.322. The average molecular weight is 201 g/mol. The normalized spacial score (nSPS) is 9.82. The SMILES string of the molecule is N=[N+]=N.ON=CC(Cl)=NOCl. The highest BCUT2D eigenvalue weighted by Crippen LogP contribution is 1.86. The standard InChI is InChI=1S/C2H2Cl2N2O2.H2N3/c3-2(1-5-7)6-8-4;1-3-2/h1,7H;1-2H/q;+1. The molecule has 0 saturated carbocycles. The van der Waals surface area contributed by atoms with Crippen LogP contribution < -0.4 is 4.91 Å². The van der Waals surface area contributed by atoms with Gasteiger partial charge in [-0.3, -0.25) is 4.39 Å². The lowest BCUT2D eigenvalue weighted by Crippen LogP contribution is -1.86. The van der Waals surface area contributed by atoms with Crippen LogP contribution in [0.5, 0.6) is 0 Å². The molecule has 0 rings (SSSR count). The molecule has 0 heterocycles. The quantitative estimate of drug-likeness (QED) is 0.205. The van der Waals surface area contributed by atoms with Gasteiger partial charge in [0.15, 0.2) is 17.0 Å². The van der Waals surface area contributed by atoms with Crippen LogP contribution >= 0.6 is 23.5 Å². The van der Waals surface area contributed by atoms with Gasteiger partial charge in [-0.25, -0.2) is 0 Å². The Bertz CT molecular complexity index is 173. The Labute approximate surface area is 71.4 Å². The van der Waals surface area contributed by atoms with Crippen molar-refractivity contribution in [2.24, 2.45) is 10.3 Å². The largest absolute Gasteiger partial charge is 0.411 e. The molecule has 9 heteroatoms. The predicted octanol–water partition coefficient (Wildman–Crippen LogP) is 1.28. The third-order valence-corrected chi connectivity index (χ3v) is 0.522. The Morgan fingerprint density at radius 3 is 2.36 bits per heavy atom. The summed E-state index contributed by atoms with van der Waals surface area (Å²) in [6.07, 6.45) is 0.865. The van der Waals surface area contributed by atoms with E-state index in [2.05, 4.69) is 26.6 Å². The number of nitrogens with one attached hydrogen (secondary N) is 2. The molecule has 0 amide bonds. The van der Waals surface area contributed by atoms with Gasteiger partial charge in [0.2, 0.25) is 4.91 Å². The molecule has 0 aliphatic rings. The number of halogens is 2. The van der Waals surface area contributed by atoms with Crippen molar-refractivity contribution < 1.29 is 9.60 Å². The molecule has 7 nitrogen and oxygen atoms in total. The molecule has 0 saturated heterocycles. The molecule has 3 N–H and O–H groups in total. The number of hydrogen-bond acceptors (Lipinski definition) is 6. The third-order valence-electron chi connectivity index (χ3n) is 0.286. The summed E-state index contributed by atoms with van der Waals surface area (Å²) in [7, 11) is 0. The van der Waals surface area contributed by atoms with Crippen molar-refractivity contribution in [2.45, 2.75) is 0 Å². The van der Waals surface area contributed by atoms with Crippen molar-refractivity contribution >= 4 is 34.9 Å². The Kier molecular flexibility index (Phi) is 13.2. The number of hydrogen-bond donors (Lipinski definition) is 3. The first kappa shape index (κ1) is 12.5. The number of nitrogens with zero attached hydrogens (tertiary/aromatic N) is 3. The van der Waals surface area contributed by atoms with Crippen LogP contribution in [0, 0.1) is 11.1 Å². The molecule has 0 spiro atoms. The van der Waals surface area contributed by atoms with E-state index in [9.17, 15) is 0 Å². The maximum atomic E-state index is 7.77. The molecule has 0 atom stereocenters. The van der Waals surface area contributed by atoms with E-state index >= 15 is 0 Å². The summed E-state index contributed by atoms with van der Waals surface area (Å²) in [5, 5.41) is 13.1. The fourth-order valence-corrected chi connectivity index (χ4v) is 0.292. The van der Waals surface area contributed by atoms with Crippen molar-refractivity contribution in [2.75, 3.05) is 0 Å².